The molecular weight excluding hydrogens is 250 g/mol. The zero-order valence-electron chi connectivity index (χ0n) is 11.5. The zero-order valence-corrected chi connectivity index (χ0v) is 11.5. The molecule has 0 saturated carbocycles. The maximum absolute atomic E-state index is 11.9. The Kier molecular flexibility index (Phi) is 4.11. The van der Waals surface area contributed by atoms with Gasteiger partial charge in [-0.3, -0.25) is 4.79 Å². The van der Waals surface area contributed by atoms with Crippen molar-refractivity contribution in [3.05, 3.63) is 58.8 Å². The maximum atomic E-state index is 11.9. The Hall–Kier alpha value is -2.67. The molecule has 0 saturated heterocycles. The van der Waals surface area contributed by atoms with Crippen LogP contribution in [-0.2, 0) is 11.2 Å². The van der Waals surface area contributed by atoms with Crippen LogP contribution in [0.25, 0.3) is 0 Å². The van der Waals surface area contributed by atoms with Gasteiger partial charge in [-0.25, -0.2) is 4.98 Å². The van der Waals surface area contributed by atoms with E-state index in [1.807, 2.05) is 38.1 Å². The number of nitrogens with one attached hydrogen (secondary N) is 1. The van der Waals surface area contributed by atoms with Gasteiger partial charge in [-0.1, -0.05) is 18.2 Å². The van der Waals surface area contributed by atoms with Gasteiger partial charge >= 0.3 is 0 Å². The molecule has 1 N–H and O–H groups in total. The molecule has 0 fully saturated rings. The van der Waals surface area contributed by atoms with Crippen molar-refractivity contribution in [2.75, 3.05) is 5.32 Å². The van der Waals surface area contributed by atoms with Crippen LogP contribution in [0.1, 0.15) is 22.3 Å². The number of nitrogens with zero attached hydrogens (tertiary/aromatic N) is 2. The average molecular weight is 265 g/mol. The van der Waals surface area contributed by atoms with Crippen LogP contribution in [0.15, 0.2) is 36.5 Å². The SMILES string of the molecule is Cc1ccc(CC(=O)Nc2ccc(C#N)cn2)cc1C. The van der Waals surface area contributed by atoms with E-state index in [4.69, 9.17) is 5.26 Å². The second kappa shape index (κ2) is 5.98. The monoisotopic (exact) mass is 265 g/mol. The molecule has 0 bridgehead atoms. The summed E-state index contributed by atoms with van der Waals surface area (Å²) >= 11 is 0. The molecule has 1 aromatic carbocycles. The van der Waals surface area contributed by atoms with Crippen LogP contribution in [0.5, 0.6) is 0 Å². The number of carbonyl (C=O) groups is 1. The van der Waals surface area contributed by atoms with Crippen molar-refractivity contribution in [3.63, 3.8) is 0 Å². The number of hydrogen-bond donors (Lipinski definition) is 1. The molecular formula is C16H15N3O. The summed E-state index contributed by atoms with van der Waals surface area (Å²) in [4.78, 5) is 15.9. The smallest absolute Gasteiger partial charge is 0.229 e. The lowest BCUT2D eigenvalue weighted by Gasteiger charge is -2.06. The van der Waals surface area contributed by atoms with Crippen LogP contribution in [-0.4, -0.2) is 10.9 Å². The average Bonchev–Trinajstić information content (AvgIpc) is 2.44. The summed E-state index contributed by atoms with van der Waals surface area (Å²) in [6, 6.07) is 11.2. The molecule has 4 heteroatoms. The lowest BCUT2D eigenvalue weighted by molar-refractivity contribution is -0.115. The van der Waals surface area contributed by atoms with E-state index in [2.05, 4.69) is 10.3 Å². The third-order valence-electron chi connectivity index (χ3n) is 3.10. The van der Waals surface area contributed by atoms with E-state index in [0.29, 0.717) is 17.8 Å². The van der Waals surface area contributed by atoms with Crippen molar-refractivity contribution in [2.24, 2.45) is 0 Å². The molecule has 1 aromatic heterocycles. The van der Waals surface area contributed by atoms with Gasteiger partial charge < -0.3 is 5.32 Å². The number of carbonyl (C=O) groups excluding carboxylic acids is 1. The first-order valence-corrected chi connectivity index (χ1v) is 6.30. The highest BCUT2D eigenvalue weighted by Crippen LogP contribution is 2.11. The standard InChI is InChI=1S/C16H15N3O/c1-11-3-4-13(7-12(11)2)8-16(20)19-15-6-5-14(9-17)10-18-15/h3-7,10H,8H2,1-2H3,(H,18,19,20). The molecule has 100 valence electrons. The van der Waals surface area contributed by atoms with Gasteiger partial charge in [0.05, 0.1) is 12.0 Å². The highest BCUT2D eigenvalue weighted by molar-refractivity contribution is 5.91. The second-order valence-electron chi connectivity index (χ2n) is 4.69. The molecule has 1 heterocycles. The number of nitriles is 1. The molecule has 1 amide bonds. The van der Waals surface area contributed by atoms with Gasteiger partial charge in [-0.05, 0) is 42.7 Å². The van der Waals surface area contributed by atoms with Gasteiger partial charge in [0.15, 0.2) is 0 Å². The van der Waals surface area contributed by atoms with E-state index in [1.165, 1.54) is 17.3 Å². The summed E-state index contributed by atoms with van der Waals surface area (Å²) in [6.07, 6.45) is 1.74. The molecule has 0 atom stereocenters. The van der Waals surface area contributed by atoms with Gasteiger partial charge in [0.25, 0.3) is 0 Å². The quantitative estimate of drug-likeness (QED) is 0.928. The van der Waals surface area contributed by atoms with Crippen LogP contribution in [0.4, 0.5) is 5.82 Å². The Morgan fingerprint density at radius 1 is 1.25 bits per heavy atom. The minimum absolute atomic E-state index is 0.120. The van der Waals surface area contributed by atoms with Crippen LogP contribution < -0.4 is 5.32 Å². The third-order valence-corrected chi connectivity index (χ3v) is 3.10. The van der Waals surface area contributed by atoms with Crippen molar-refractivity contribution in [1.82, 2.24) is 4.98 Å². The fourth-order valence-corrected chi connectivity index (χ4v) is 1.82. The molecule has 0 aliphatic carbocycles. The van der Waals surface area contributed by atoms with Crippen molar-refractivity contribution in [2.45, 2.75) is 20.3 Å². The normalized spacial score (nSPS) is 9.85. The number of amides is 1. The van der Waals surface area contributed by atoms with Gasteiger partial charge in [-0.2, -0.15) is 5.26 Å². The van der Waals surface area contributed by atoms with Crippen LogP contribution in [0, 0.1) is 25.2 Å². The fourth-order valence-electron chi connectivity index (χ4n) is 1.82. The molecule has 0 aliphatic heterocycles. The summed E-state index contributed by atoms with van der Waals surface area (Å²) in [7, 11) is 0. The van der Waals surface area contributed by atoms with Gasteiger partial charge in [0.1, 0.15) is 11.9 Å². The second-order valence-corrected chi connectivity index (χ2v) is 4.69. The Morgan fingerprint density at radius 3 is 2.65 bits per heavy atom. The molecule has 0 aliphatic rings. The molecule has 0 spiro atoms. The van der Waals surface area contributed by atoms with Gasteiger partial charge in [-0.15, -0.1) is 0 Å². The third kappa shape index (κ3) is 3.42. The molecule has 2 aromatic rings. The first-order valence-electron chi connectivity index (χ1n) is 6.30. The lowest BCUT2D eigenvalue weighted by atomic mass is 10.0. The maximum Gasteiger partial charge on any atom is 0.229 e. The highest BCUT2D eigenvalue weighted by atomic mass is 16.1. The predicted octanol–water partition coefficient (Wildman–Crippen LogP) is 2.75. The van der Waals surface area contributed by atoms with Crippen molar-refractivity contribution in [1.29, 1.82) is 5.26 Å². The Labute approximate surface area is 118 Å². The highest BCUT2D eigenvalue weighted by Gasteiger charge is 2.06. The van der Waals surface area contributed by atoms with E-state index in [9.17, 15) is 4.79 Å². The van der Waals surface area contributed by atoms with E-state index in [0.717, 1.165) is 5.56 Å². The van der Waals surface area contributed by atoms with E-state index in [-0.39, 0.29) is 5.91 Å². The summed E-state index contributed by atoms with van der Waals surface area (Å²) in [5.41, 5.74) is 3.83. The number of hydrogen-bond acceptors (Lipinski definition) is 3. The largest absolute Gasteiger partial charge is 0.310 e. The van der Waals surface area contributed by atoms with Crippen LogP contribution in [0.2, 0.25) is 0 Å². The fraction of sp³-hybridized carbons (Fsp3) is 0.188. The number of aryl methyl sites for hydroxylation is 2. The first kappa shape index (κ1) is 13.8. The summed E-state index contributed by atoms with van der Waals surface area (Å²) in [5.74, 6) is 0.336. The number of anilines is 1. The minimum Gasteiger partial charge on any atom is -0.310 e. The van der Waals surface area contributed by atoms with Crippen molar-refractivity contribution in [3.8, 4) is 6.07 Å². The summed E-state index contributed by atoms with van der Waals surface area (Å²) < 4.78 is 0. The summed E-state index contributed by atoms with van der Waals surface area (Å²) in [5, 5.41) is 11.4. The number of benzene rings is 1. The van der Waals surface area contributed by atoms with Gasteiger partial charge in [0, 0.05) is 6.20 Å². The topological polar surface area (TPSA) is 65.8 Å². The van der Waals surface area contributed by atoms with E-state index in [1.54, 1.807) is 12.1 Å². The Bertz CT molecular complexity index is 669. The molecule has 0 unspecified atom stereocenters. The Morgan fingerprint density at radius 2 is 2.05 bits per heavy atom. The number of rotatable bonds is 3. The van der Waals surface area contributed by atoms with Crippen molar-refractivity contribution < 1.29 is 4.79 Å². The molecule has 20 heavy (non-hydrogen) atoms. The predicted molar refractivity (Wildman–Crippen MR) is 77.2 cm³/mol. The van der Waals surface area contributed by atoms with Crippen molar-refractivity contribution >= 4 is 11.7 Å². The first-order chi connectivity index (χ1) is 9.58. The van der Waals surface area contributed by atoms with E-state index >= 15 is 0 Å². The summed E-state index contributed by atoms with van der Waals surface area (Å²) in [6.45, 7) is 4.07. The van der Waals surface area contributed by atoms with Gasteiger partial charge in [0.2, 0.25) is 5.91 Å². The van der Waals surface area contributed by atoms with Crippen LogP contribution in [0.3, 0.4) is 0 Å². The minimum atomic E-state index is -0.120. The lowest BCUT2D eigenvalue weighted by Crippen LogP contribution is -2.15. The molecule has 0 radical (unpaired) electrons. The zero-order chi connectivity index (χ0) is 14.5. The number of pyridine rings is 1. The number of aromatic nitrogens is 1. The molecule has 2 rings (SSSR count). The Balaban J connectivity index is 2.01. The van der Waals surface area contributed by atoms with Crippen LogP contribution >= 0.6 is 0 Å². The van der Waals surface area contributed by atoms with E-state index < -0.39 is 0 Å². The molecule has 4 nitrogen and oxygen atoms in total.